The maximum absolute atomic E-state index is 6.22. The molecule has 0 fully saturated rings. The van der Waals surface area contributed by atoms with Gasteiger partial charge >= 0.3 is 0 Å². The van der Waals surface area contributed by atoms with Crippen LogP contribution in [0.4, 0.5) is 0 Å². The molecule has 5 heteroatoms. The molecule has 0 spiro atoms. The highest BCUT2D eigenvalue weighted by atomic mass is 16.5. The van der Waals surface area contributed by atoms with Crippen LogP contribution in [0.2, 0.25) is 0 Å². The van der Waals surface area contributed by atoms with E-state index in [-0.39, 0.29) is 0 Å². The van der Waals surface area contributed by atoms with E-state index in [4.69, 9.17) is 9.72 Å². The predicted octanol–water partition coefficient (Wildman–Crippen LogP) is 11.8. The molecule has 0 unspecified atom stereocenters. The van der Waals surface area contributed by atoms with E-state index in [1.54, 1.807) is 6.20 Å². The number of nitrogens with zero attached hydrogens (tertiary/aromatic N) is 4. The van der Waals surface area contributed by atoms with E-state index in [2.05, 4.69) is 154 Å². The van der Waals surface area contributed by atoms with Gasteiger partial charge in [-0.3, -0.25) is 4.57 Å². The molecule has 240 valence electrons. The zero-order valence-electron chi connectivity index (χ0n) is 27.5. The lowest BCUT2D eigenvalue weighted by Gasteiger charge is -2.13. The molecule has 6 aromatic carbocycles. The Bertz CT molecular complexity index is 2870. The Kier molecular flexibility index (Phi) is 6.74. The lowest BCUT2D eigenvalue weighted by atomic mass is 10.0. The highest BCUT2D eigenvalue weighted by Gasteiger charge is 2.20. The molecule has 4 heterocycles. The second kappa shape index (κ2) is 11.9. The van der Waals surface area contributed by atoms with Crippen molar-refractivity contribution in [1.82, 2.24) is 19.1 Å². The summed E-state index contributed by atoms with van der Waals surface area (Å²) < 4.78 is 10.9. The lowest BCUT2D eigenvalue weighted by Crippen LogP contribution is -1.98. The van der Waals surface area contributed by atoms with Crippen molar-refractivity contribution in [3.05, 3.63) is 182 Å². The Morgan fingerprint density at radius 2 is 1.14 bits per heavy atom. The first-order valence-corrected chi connectivity index (χ1v) is 17.1. The van der Waals surface area contributed by atoms with E-state index in [0.717, 1.165) is 50.3 Å². The van der Waals surface area contributed by atoms with Gasteiger partial charge in [0.05, 0.1) is 16.6 Å². The van der Waals surface area contributed by atoms with Gasteiger partial charge in [0.2, 0.25) is 5.88 Å². The van der Waals surface area contributed by atoms with Crippen molar-refractivity contribution in [3.8, 4) is 45.3 Å². The topological polar surface area (TPSA) is 44.9 Å². The van der Waals surface area contributed by atoms with Crippen molar-refractivity contribution in [2.75, 3.05) is 0 Å². The number of aromatic nitrogens is 4. The summed E-state index contributed by atoms with van der Waals surface area (Å²) in [5.74, 6) is 1.27. The number of ether oxygens (including phenoxy) is 1. The molecular weight excluding hydrogens is 625 g/mol. The van der Waals surface area contributed by atoms with Crippen LogP contribution in [0, 0.1) is 0 Å². The fourth-order valence-electron chi connectivity index (χ4n) is 7.45. The zero-order chi connectivity index (χ0) is 33.7. The summed E-state index contributed by atoms with van der Waals surface area (Å²) in [4.78, 5) is 9.40. The van der Waals surface area contributed by atoms with Gasteiger partial charge in [0, 0.05) is 57.4 Å². The molecule has 0 N–H and O–H groups in total. The molecule has 5 nitrogen and oxygen atoms in total. The Hall–Kier alpha value is -6.98. The SMILES string of the molecule is c1ccc(-c2ccc3c4ccc(-n5c6ccccc6c6c(-c7ccccc7)ccnc65)cc4n(-c4cccc(Oc5ccccn5)c4)c3c2)cc1. The second-order valence-electron chi connectivity index (χ2n) is 12.7. The summed E-state index contributed by atoms with van der Waals surface area (Å²) in [6.45, 7) is 0. The Labute approximate surface area is 294 Å². The maximum Gasteiger partial charge on any atom is 0.219 e. The van der Waals surface area contributed by atoms with Crippen LogP contribution in [0.3, 0.4) is 0 Å². The van der Waals surface area contributed by atoms with E-state index in [1.807, 2.05) is 36.5 Å². The summed E-state index contributed by atoms with van der Waals surface area (Å²) in [5.41, 5.74) is 11.0. The minimum Gasteiger partial charge on any atom is -0.439 e. The van der Waals surface area contributed by atoms with Crippen LogP contribution in [0.5, 0.6) is 11.6 Å². The molecule has 10 aromatic rings. The first kappa shape index (κ1) is 29.0. The second-order valence-corrected chi connectivity index (χ2v) is 12.7. The minimum absolute atomic E-state index is 0.555. The van der Waals surface area contributed by atoms with Crippen molar-refractivity contribution in [2.24, 2.45) is 0 Å². The highest BCUT2D eigenvalue weighted by Crippen LogP contribution is 2.40. The molecule has 0 saturated carbocycles. The number of rotatable bonds is 6. The number of para-hydroxylation sites is 1. The van der Waals surface area contributed by atoms with Crippen LogP contribution in [0.1, 0.15) is 0 Å². The van der Waals surface area contributed by atoms with Gasteiger partial charge in [-0.2, -0.15) is 0 Å². The predicted molar refractivity (Wildman–Crippen MR) is 208 cm³/mol. The van der Waals surface area contributed by atoms with Gasteiger partial charge in [-0.05, 0) is 70.8 Å². The number of hydrogen-bond acceptors (Lipinski definition) is 3. The molecule has 10 rings (SSSR count). The van der Waals surface area contributed by atoms with Crippen LogP contribution in [-0.2, 0) is 0 Å². The molecule has 4 aromatic heterocycles. The number of hydrogen-bond donors (Lipinski definition) is 0. The monoisotopic (exact) mass is 654 g/mol. The first-order valence-electron chi connectivity index (χ1n) is 17.1. The maximum atomic E-state index is 6.22. The van der Waals surface area contributed by atoms with Gasteiger partial charge in [-0.1, -0.05) is 109 Å². The highest BCUT2D eigenvalue weighted by molar-refractivity contribution is 6.15. The van der Waals surface area contributed by atoms with Crippen molar-refractivity contribution < 1.29 is 4.74 Å². The minimum atomic E-state index is 0.555. The summed E-state index contributed by atoms with van der Waals surface area (Å²) in [6.07, 6.45) is 3.67. The molecule has 51 heavy (non-hydrogen) atoms. The number of pyridine rings is 2. The van der Waals surface area contributed by atoms with Gasteiger partial charge in [0.15, 0.2) is 0 Å². The molecule has 0 amide bonds. The van der Waals surface area contributed by atoms with Crippen molar-refractivity contribution in [3.63, 3.8) is 0 Å². The quantitative estimate of drug-likeness (QED) is 0.179. The number of benzene rings is 6. The van der Waals surface area contributed by atoms with Crippen LogP contribution in [0.25, 0.3) is 77.4 Å². The van der Waals surface area contributed by atoms with Crippen molar-refractivity contribution >= 4 is 43.7 Å². The smallest absolute Gasteiger partial charge is 0.219 e. The van der Waals surface area contributed by atoms with Crippen LogP contribution >= 0.6 is 0 Å². The molecule has 0 aliphatic heterocycles. The lowest BCUT2D eigenvalue weighted by molar-refractivity contribution is 0.463. The average Bonchev–Trinajstić information content (AvgIpc) is 3.71. The van der Waals surface area contributed by atoms with Gasteiger partial charge in [-0.15, -0.1) is 0 Å². The Balaban J connectivity index is 1.24. The third-order valence-electron chi connectivity index (χ3n) is 9.69. The van der Waals surface area contributed by atoms with Gasteiger partial charge in [-0.25, -0.2) is 9.97 Å². The largest absolute Gasteiger partial charge is 0.439 e. The summed E-state index contributed by atoms with van der Waals surface area (Å²) in [5, 5.41) is 4.67. The fourth-order valence-corrected chi connectivity index (χ4v) is 7.45. The van der Waals surface area contributed by atoms with Crippen molar-refractivity contribution in [2.45, 2.75) is 0 Å². The van der Waals surface area contributed by atoms with E-state index in [9.17, 15) is 0 Å². The average molecular weight is 655 g/mol. The van der Waals surface area contributed by atoms with Gasteiger partial charge in [0.25, 0.3) is 0 Å². The molecule has 0 bridgehead atoms. The standard InChI is InChI=1S/C46H30N4O/c1-3-12-31(13-4-1)33-21-23-38-39-24-22-35(30-43(39)49(42(38)28-33)34-16-11-17-36(29-34)51-44-20-9-10-26-47-44)50-41-19-8-7-18-40(41)45-37(25-27-48-46(45)50)32-14-5-2-6-15-32/h1-30H. The summed E-state index contributed by atoms with van der Waals surface area (Å²) >= 11 is 0. The van der Waals surface area contributed by atoms with E-state index < -0.39 is 0 Å². The van der Waals surface area contributed by atoms with Crippen LogP contribution in [-0.4, -0.2) is 19.1 Å². The number of fused-ring (bicyclic) bond motifs is 6. The van der Waals surface area contributed by atoms with E-state index >= 15 is 0 Å². The molecule has 0 saturated heterocycles. The van der Waals surface area contributed by atoms with Gasteiger partial charge in [0.1, 0.15) is 11.4 Å². The van der Waals surface area contributed by atoms with Crippen LogP contribution in [0.15, 0.2) is 182 Å². The first-order chi connectivity index (χ1) is 25.3. The third kappa shape index (κ3) is 4.86. The fraction of sp³-hybridized carbons (Fsp3) is 0. The van der Waals surface area contributed by atoms with E-state index in [1.165, 1.54) is 32.8 Å². The molecule has 0 radical (unpaired) electrons. The molecular formula is C46H30N4O. The summed E-state index contributed by atoms with van der Waals surface area (Å²) in [7, 11) is 0. The Morgan fingerprint density at radius 3 is 1.96 bits per heavy atom. The van der Waals surface area contributed by atoms with Crippen LogP contribution < -0.4 is 4.74 Å². The third-order valence-corrected chi connectivity index (χ3v) is 9.69. The summed E-state index contributed by atoms with van der Waals surface area (Å²) in [6, 6.07) is 59.3. The molecule has 0 aliphatic rings. The van der Waals surface area contributed by atoms with Crippen molar-refractivity contribution in [1.29, 1.82) is 0 Å². The Morgan fingerprint density at radius 1 is 0.412 bits per heavy atom. The van der Waals surface area contributed by atoms with E-state index in [0.29, 0.717) is 5.88 Å². The molecule has 0 aliphatic carbocycles. The molecule has 0 atom stereocenters. The zero-order valence-corrected chi connectivity index (χ0v) is 27.5. The van der Waals surface area contributed by atoms with Gasteiger partial charge < -0.3 is 9.30 Å². The normalized spacial score (nSPS) is 11.5.